The molecule has 2 amide bonds. The Kier molecular flexibility index (Phi) is 5.65. The van der Waals surface area contributed by atoms with Crippen LogP contribution in [-0.4, -0.2) is 41.3 Å². The van der Waals surface area contributed by atoms with Gasteiger partial charge in [-0.2, -0.15) is 0 Å². The van der Waals surface area contributed by atoms with Gasteiger partial charge in [0, 0.05) is 13.1 Å². The van der Waals surface area contributed by atoms with E-state index < -0.39 is 5.60 Å². The van der Waals surface area contributed by atoms with E-state index in [1.54, 1.807) is 25.8 Å². The van der Waals surface area contributed by atoms with E-state index in [1.165, 1.54) is 12.8 Å². The zero-order valence-corrected chi connectivity index (χ0v) is 13.1. The molecule has 0 bridgehead atoms. The summed E-state index contributed by atoms with van der Waals surface area (Å²) in [4.78, 5) is 13.6. The Morgan fingerprint density at radius 3 is 2.26 bits per heavy atom. The quantitative estimate of drug-likeness (QED) is 0.825. The van der Waals surface area contributed by atoms with E-state index in [2.05, 4.69) is 19.2 Å². The molecule has 4 heteroatoms. The van der Waals surface area contributed by atoms with E-state index in [0.29, 0.717) is 12.6 Å². The molecule has 0 aromatic carbocycles. The van der Waals surface area contributed by atoms with Crippen molar-refractivity contribution in [2.24, 2.45) is 11.8 Å². The molecule has 1 fully saturated rings. The Morgan fingerprint density at radius 2 is 1.84 bits per heavy atom. The van der Waals surface area contributed by atoms with Gasteiger partial charge in [-0.25, -0.2) is 4.79 Å². The molecule has 0 aliphatic heterocycles. The van der Waals surface area contributed by atoms with Gasteiger partial charge in [0.15, 0.2) is 0 Å². The summed E-state index contributed by atoms with van der Waals surface area (Å²) in [6, 6.07) is 0.224. The second kappa shape index (κ2) is 6.60. The van der Waals surface area contributed by atoms with Crippen molar-refractivity contribution in [1.29, 1.82) is 0 Å². The Morgan fingerprint density at radius 1 is 1.32 bits per heavy atom. The fraction of sp³-hybridized carbons (Fsp3) is 0.933. The van der Waals surface area contributed by atoms with Crippen LogP contribution in [0.5, 0.6) is 0 Å². The fourth-order valence-electron chi connectivity index (χ4n) is 2.87. The summed E-state index contributed by atoms with van der Waals surface area (Å²) < 4.78 is 0. The van der Waals surface area contributed by atoms with Crippen molar-refractivity contribution in [3.63, 3.8) is 0 Å². The first-order valence-electron chi connectivity index (χ1n) is 7.43. The lowest BCUT2D eigenvalue weighted by Gasteiger charge is -2.33. The maximum atomic E-state index is 12.0. The van der Waals surface area contributed by atoms with Crippen molar-refractivity contribution in [3.05, 3.63) is 0 Å². The van der Waals surface area contributed by atoms with Crippen LogP contribution in [0.15, 0.2) is 0 Å². The zero-order chi connectivity index (χ0) is 14.6. The number of hydrogen-bond acceptors (Lipinski definition) is 2. The highest BCUT2D eigenvalue weighted by Crippen LogP contribution is 2.29. The van der Waals surface area contributed by atoms with Crippen molar-refractivity contribution in [2.75, 3.05) is 13.6 Å². The summed E-state index contributed by atoms with van der Waals surface area (Å²) >= 11 is 0. The van der Waals surface area contributed by atoms with E-state index in [-0.39, 0.29) is 6.03 Å². The Labute approximate surface area is 117 Å². The zero-order valence-electron chi connectivity index (χ0n) is 13.1. The third-order valence-corrected chi connectivity index (χ3v) is 4.01. The van der Waals surface area contributed by atoms with E-state index in [4.69, 9.17) is 0 Å². The molecule has 1 aliphatic carbocycles. The minimum absolute atomic E-state index is 0.0740. The highest BCUT2D eigenvalue weighted by atomic mass is 16.3. The van der Waals surface area contributed by atoms with Crippen molar-refractivity contribution < 1.29 is 9.90 Å². The maximum absolute atomic E-state index is 12.0. The van der Waals surface area contributed by atoms with Crippen LogP contribution in [-0.2, 0) is 0 Å². The topological polar surface area (TPSA) is 52.6 Å². The summed E-state index contributed by atoms with van der Waals surface area (Å²) in [7, 11) is 1.73. The summed E-state index contributed by atoms with van der Waals surface area (Å²) in [5, 5.41) is 12.8. The molecule has 0 spiro atoms. The number of nitrogens with zero attached hydrogens (tertiary/aromatic N) is 1. The number of carbonyl (C=O) groups excluding carboxylic acids is 1. The van der Waals surface area contributed by atoms with Gasteiger partial charge in [-0.3, -0.25) is 0 Å². The molecular formula is C15H30N2O2. The summed E-state index contributed by atoms with van der Waals surface area (Å²) in [5.74, 6) is 1.55. The minimum atomic E-state index is -0.846. The predicted octanol–water partition coefficient (Wildman–Crippen LogP) is 2.61. The van der Waals surface area contributed by atoms with E-state index in [1.807, 2.05) is 0 Å². The Hall–Kier alpha value is -0.770. The van der Waals surface area contributed by atoms with E-state index in [0.717, 1.165) is 24.7 Å². The SMILES string of the molecule is CC(C)C1CCC(NC(=O)N(C)CC(C)(C)O)CC1. The van der Waals surface area contributed by atoms with Gasteiger partial charge in [-0.05, 0) is 51.4 Å². The molecule has 1 rings (SSSR count). The smallest absolute Gasteiger partial charge is 0.317 e. The Bertz CT molecular complexity index is 289. The Balaban J connectivity index is 2.34. The van der Waals surface area contributed by atoms with Gasteiger partial charge >= 0.3 is 6.03 Å². The van der Waals surface area contributed by atoms with Crippen LogP contribution in [0.2, 0.25) is 0 Å². The first kappa shape index (κ1) is 16.3. The first-order chi connectivity index (χ1) is 8.69. The van der Waals surface area contributed by atoms with E-state index in [9.17, 15) is 9.90 Å². The number of rotatable bonds is 4. The normalized spacial score (nSPS) is 24.4. The average molecular weight is 270 g/mol. The molecule has 0 aromatic rings. The lowest BCUT2D eigenvalue weighted by molar-refractivity contribution is 0.0524. The van der Waals surface area contributed by atoms with Crippen molar-refractivity contribution in [1.82, 2.24) is 10.2 Å². The van der Waals surface area contributed by atoms with Gasteiger partial charge in [0.25, 0.3) is 0 Å². The molecular weight excluding hydrogens is 240 g/mol. The van der Waals surface area contributed by atoms with Gasteiger partial charge in [0.05, 0.1) is 12.1 Å². The monoisotopic (exact) mass is 270 g/mol. The maximum Gasteiger partial charge on any atom is 0.317 e. The van der Waals surface area contributed by atoms with Crippen LogP contribution < -0.4 is 5.32 Å². The number of carbonyl (C=O) groups is 1. The third kappa shape index (κ3) is 5.81. The number of aliphatic hydroxyl groups is 1. The molecule has 0 heterocycles. The van der Waals surface area contributed by atoms with Gasteiger partial charge in [0.1, 0.15) is 0 Å². The largest absolute Gasteiger partial charge is 0.389 e. The number of likely N-dealkylation sites (N-methyl/N-ethyl adjacent to an activating group) is 1. The van der Waals surface area contributed by atoms with Crippen LogP contribution in [0.25, 0.3) is 0 Å². The van der Waals surface area contributed by atoms with Gasteiger partial charge in [-0.1, -0.05) is 13.8 Å². The predicted molar refractivity (Wildman–Crippen MR) is 78.0 cm³/mol. The van der Waals surface area contributed by atoms with Crippen LogP contribution in [0.4, 0.5) is 4.79 Å². The molecule has 0 aromatic heterocycles. The molecule has 4 nitrogen and oxygen atoms in total. The summed E-state index contributed by atoms with van der Waals surface area (Å²) in [6.07, 6.45) is 4.56. The number of hydrogen-bond donors (Lipinski definition) is 2. The number of nitrogens with one attached hydrogen (secondary N) is 1. The van der Waals surface area contributed by atoms with Crippen LogP contribution in [0.1, 0.15) is 53.4 Å². The van der Waals surface area contributed by atoms with Crippen LogP contribution >= 0.6 is 0 Å². The van der Waals surface area contributed by atoms with Gasteiger partial charge in [0.2, 0.25) is 0 Å². The highest BCUT2D eigenvalue weighted by Gasteiger charge is 2.26. The second-order valence-corrected chi connectivity index (χ2v) is 6.97. The third-order valence-electron chi connectivity index (χ3n) is 4.01. The molecule has 0 atom stereocenters. The first-order valence-corrected chi connectivity index (χ1v) is 7.43. The van der Waals surface area contributed by atoms with Crippen molar-refractivity contribution >= 4 is 6.03 Å². The molecule has 1 aliphatic rings. The standard InChI is InChI=1S/C15H30N2O2/c1-11(2)12-6-8-13(9-7-12)16-14(18)17(5)10-15(3,4)19/h11-13,19H,6-10H2,1-5H3,(H,16,18). The van der Waals surface area contributed by atoms with Crippen molar-refractivity contribution in [3.8, 4) is 0 Å². The second-order valence-electron chi connectivity index (χ2n) is 6.97. The lowest BCUT2D eigenvalue weighted by Crippen LogP contribution is -2.48. The molecule has 0 saturated heterocycles. The lowest BCUT2D eigenvalue weighted by atomic mass is 9.80. The fourth-order valence-corrected chi connectivity index (χ4v) is 2.87. The van der Waals surface area contributed by atoms with Crippen molar-refractivity contribution in [2.45, 2.75) is 65.0 Å². The van der Waals surface area contributed by atoms with Gasteiger partial charge in [-0.15, -0.1) is 0 Å². The average Bonchev–Trinajstić information content (AvgIpc) is 2.27. The van der Waals surface area contributed by atoms with Gasteiger partial charge < -0.3 is 15.3 Å². The van der Waals surface area contributed by atoms with E-state index >= 15 is 0 Å². The van der Waals surface area contributed by atoms with Crippen LogP contribution in [0, 0.1) is 11.8 Å². The number of urea groups is 1. The minimum Gasteiger partial charge on any atom is -0.389 e. The summed E-state index contributed by atoms with van der Waals surface area (Å²) in [6.45, 7) is 8.33. The molecule has 0 radical (unpaired) electrons. The molecule has 2 N–H and O–H groups in total. The summed E-state index contributed by atoms with van der Waals surface area (Å²) in [5.41, 5.74) is -0.846. The highest BCUT2D eigenvalue weighted by molar-refractivity contribution is 5.74. The molecule has 1 saturated carbocycles. The number of amides is 2. The molecule has 0 unspecified atom stereocenters. The molecule has 112 valence electrons. The molecule has 19 heavy (non-hydrogen) atoms. The van der Waals surface area contributed by atoms with Crippen LogP contribution in [0.3, 0.4) is 0 Å².